The Morgan fingerprint density at radius 1 is 1.42 bits per heavy atom. The number of amides is 1. The average Bonchev–Trinajstić information content (AvgIpc) is 3.10. The number of oxazole rings is 1. The summed E-state index contributed by atoms with van der Waals surface area (Å²) in [4.78, 5) is 24.6. The first kappa shape index (κ1) is 15.4. The number of aryl methyl sites for hydroxylation is 1. The molecule has 0 aromatic carbocycles. The van der Waals surface area contributed by atoms with Crippen molar-refractivity contribution in [3.8, 4) is 11.6 Å². The summed E-state index contributed by atoms with van der Waals surface area (Å²) in [6.07, 6.45) is 4.24. The first-order chi connectivity index (χ1) is 11.6. The lowest BCUT2D eigenvalue weighted by Crippen LogP contribution is -2.36. The summed E-state index contributed by atoms with van der Waals surface area (Å²) in [6, 6.07) is 4.92. The van der Waals surface area contributed by atoms with E-state index >= 15 is 0 Å². The maximum Gasteiger partial charge on any atom is 0.274 e. The molecule has 0 radical (unpaired) electrons. The summed E-state index contributed by atoms with van der Waals surface area (Å²) in [6.45, 7) is 1.72. The Kier molecular flexibility index (Phi) is 4.06. The molecule has 0 atom stereocenters. The quantitative estimate of drug-likeness (QED) is 0.529. The van der Waals surface area contributed by atoms with Gasteiger partial charge in [0.2, 0.25) is 11.6 Å². The number of nitrogens with one attached hydrogen (secondary N) is 1. The molecule has 9 nitrogen and oxygen atoms in total. The van der Waals surface area contributed by atoms with Gasteiger partial charge < -0.3 is 20.7 Å². The highest BCUT2D eigenvalue weighted by molar-refractivity contribution is 5.96. The van der Waals surface area contributed by atoms with E-state index in [1.54, 1.807) is 25.1 Å². The minimum absolute atomic E-state index is 0.0174. The first-order valence-electron chi connectivity index (χ1n) is 7.05. The van der Waals surface area contributed by atoms with Crippen LogP contribution in [0.15, 0.2) is 41.3 Å². The minimum Gasteiger partial charge on any atom is -0.618 e. The second-order valence-corrected chi connectivity index (χ2v) is 4.93. The van der Waals surface area contributed by atoms with Crippen molar-refractivity contribution in [2.24, 2.45) is 0 Å². The van der Waals surface area contributed by atoms with Gasteiger partial charge >= 0.3 is 0 Å². The molecule has 0 bridgehead atoms. The Hall–Kier alpha value is -3.49. The van der Waals surface area contributed by atoms with Crippen molar-refractivity contribution >= 4 is 11.7 Å². The zero-order valence-corrected chi connectivity index (χ0v) is 12.8. The summed E-state index contributed by atoms with van der Waals surface area (Å²) in [5, 5.41) is 14.2. The van der Waals surface area contributed by atoms with Crippen LogP contribution in [0.1, 0.15) is 21.9 Å². The van der Waals surface area contributed by atoms with Gasteiger partial charge in [0.05, 0.1) is 11.9 Å². The van der Waals surface area contributed by atoms with E-state index < -0.39 is 5.91 Å². The van der Waals surface area contributed by atoms with Crippen molar-refractivity contribution in [3.63, 3.8) is 0 Å². The van der Waals surface area contributed by atoms with Gasteiger partial charge in [0.25, 0.3) is 5.91 Å². The number of rotatable bonds is 4. The minimum atomic E-state index is -0.522. The molecule has 0 fully saturated rings. The molecule has 0 spiro atoms. The van der Waals surface area contributed by atoms with Crippen molar-refractivity contribution < 1.29 is 13.9 Å². The van der Waals surface area contributed by atoms with Crippen molar-refractivity contribution in [1.82, 2.24) is 20.3 Å². The van der Waals surface area contributed by atoms with E-state index in [4.69, 9.17) is 10.2 Å². The highest BCUT2D eigenvalue weighted by Crippen LogP contribution is 2.20. The van der Waals surface area contributed by atoms with E-state index in [1.165, 1.54) is 18.7 Å². The Bertz CT molecular complexity index is 879. The van der Waals surface area contributed by atoms with Crippen molar-refractivity contribution in [3.05, 3.63) is 59.1 Å². The van der Waals surface area contributed by atoms with Crippen LogP contribution in [0.3, 0.4) is 0 Å². The molecule has 24 heavy (non-hydrogen) atoms. The zero-order chi connectivity index (χ0) is 17.1. The highest BCUT2D eigenvalue weighted by Gasteiger charge is 2.19. The Labute approximate surface area is 136 Å². The van der Waals surface area contributed by atoms with Gasteiger partial charge in [-0.1, -0.05) is 0 Å². The maximum atomic E-state index is 12.3. The van der Waals surface area contributed by atoms with Crippen molar-refractivity contribution in [2.45, 2.75) is 13.5 Å². The number of hydrogen-bond donors (Lipinski definition) is 2. The molecule has 3 heterocycles. The van der Waals surface area contributed by atoms with E-state index in [0.717, 1.165) is 0 Å². The second kappa shape index (κ2) is 6.32. The predicted molar refractivity (Wildman–Crippen MR) is 83.3 cm³/mol. The lowest BCUT2D eigenvalue weighted by molar-refractivity contribution is -0.614. The van der Waals surface area contributed by atoms with Gasteiger partial charge in [-0.25, -0.2) is 15.0 Å². The largest absolute Gasteiger partial charge is 0.618 e. The van der Waals surface area contributed by atoms with E-state index in [9.17, 15) is 10.0 Å². The summed E-state index contributed by atoms with van der Waals surface area (Å²) in [5.74, 6) is -0.296. The van der Waals surface area contributed by atoms with Crippen LogP contribution < -0.4 is 15.8 Å². The van der Waals surface area contributed by atoms with E-state index in [1.807, 2.05) is 0 Å². The Morgan fingerprint density at radius 2 is 2.25 bits per heavy atom. The van der Waals surface area contributed by atoms with Gasteiger partial charge in [-0.05, 0) is 13.0 Å². The van der Waals surface area contributed by atoms with E-state index in [0.29, 0.717) is 21.8 Å². The summed E-state index contributed by atoms with van der Waals surface area (Å²) < 4.78 is 5.84. The van der Waals surface area contributed by atoms with Gasteiger partial charge in [0.1, 0.15) is 18.5 Å². The molecule has 0 saturated heterocycles. The predicted octanol–water partition coefficient (Wildman–Crippen LogP) is 0.586. The van der Waals surface area contributed by atoms with Crippen LogP contribution in [0, 0.1) is 12.1 Å². The maximum absolute atomic E-state index is 12.3. The molecule has 3 N–H and O–H groups in total. The summed E-state index contributed by atoms with van der Waals surface area (Å²) >= 11 is 0. The molecule has 9 heteroatoms. The number of nitrogens with zero attached hydrogens (tertiary/aromatic N) is 4. The smallest absolute Gasteiger partial charge is 0.274 e. The number of aromatic nitrogens is 4. The SMILES string of the molecule is Cc1nc(C(=O)NCc2cccc[n+]2[O-])c(N)nc1-c1ncco1. The molecular weight excluding hydrogens is 312 g/mol. The number of anilines is 1. The lowest BCUT2D eigenvalue weighted by atomic mass is 10.2. The molecule has 3 rings (SSSR count). The normalized spacial score (nSPS) is 10.5. The zero-order valence-electron chi connectivity index (χ0n) is 12.8. The first-order valence-corrected chi connectivity index (χ1v) is 7.05. The number of carbonyl (C=O) groups excluding carboxylic acids is 1. The lowest BCUT2D eigenvalue weighted by Gasteiger charge is -2.09. The third kappa shape index (κ3) is 3.00. The molecule has 1 amide bonds. The van der Waals surface area contributed by atoms with Gasteiger partial charge in [-0.15, -0.1) is 0 Å². The molecule has 122 valence electrons. The number of nitrogen functional groups attached to an aromatic ring is 1. The van der Waals surface area contributed by atoms with Crippen molar-refractivity contribution in [1.29, 1.82) is 0 Å². The average molecular weight is 326 g/mol. The van der Waals surface area contributed by atoms with Crippen LogP contribution >= 0.6 is 0 Å². The molecule has 0 unspecified atom stereocenters. The second-order valence-electron chi connectivity index (χ2n) is 4.93. The Balaban J connectivity index is 1.80. The van der Waals surface area contributed by atoms with Gasteiger partial charge in [-0.3, -0.25) is 4.79 Å². The van der Waals surface area contributed by atoms with Crippen LogP contribution in [0.4, 0.5) is 5.82 Å². The van der Waals surface area contributed by atoms with Gasteiger partial charge in [0, 0.05) is 12.1 Å². The topological polar surface area (TPSA) is 134 Å². The molecule has 0 aliphatic rings. The number of nitrogens with two attached hydrogens (primary N) is 1. The molecule has 3 aromatic rings. The van der Waals surface area contributed by atoms with E-state index in [2.05, 4.69) is 20.3 Å². The molecule has 0 aliphatic heterocycles. The highest BCUT2D eigenvalue weighted by atomic mass is 16.5. The fraction of sp³-hybridized carbons (Fsp3) is 0.133. The third-order valence-electron chi connectivity index (χ3n) is 3.28. The molecular formula is C15H14N6O3. The summed E-state index contributed by atoms with van der Waals surface area (Å²) in [7, 11) is 0. The van der Waals surface area contributed by atoms with Crippen molar-refractivity contribution in [2.75, 3.05) is 5.73 Å². The fourth-order valence-electron chi connectivity index (χ4n) is 2.10. The van der Waals surface area contributed by atoms with Gasteiger partial charge in [-0.2, -0.15) is 4.73 Å². The number of pyridine rings is 1. The number of hydrogen-bond acceptors (Lipinski definition) is 7. The molecule has 3 aromatic heterocycles. The van der Waals surface area contributed by atoms with Crippen LogP contribution in [-0.4, -0.2) is 20.9 Å². The number of carbonyl (C=O) groups is 1. The summed E-state index contributed by atoms with van der Waals surface area (Å²) in [5.41, 5.74) is 7.03. The Morgan fingerprint density at radius 3 is 2.96 bits per heavy atom. The van der Waals surface area contributed by atoms with E-state index in [-0.39, 0.29) is 23.9 Å². The van der Waals surface area contributed by atoms with Crippen LogP contribution in [-0.2, 0) is 6.54 Å². The molecule has 0 saturated carbocycles. The monoisotopic (exact) mass is 326 g/mol. The third-order valence-corrected chi connectivity index (χ3v) is 3.28. The van der Waals surface area contributed by atoms with Crippen LogP contribution in [0.25, 0.3) is 11.6 Å². The standard InChI is InChI=1S/C15H14N6O3/c1-9-11(15-17-5-7-24-15)20-13(16)12(19-9)14(22)18-8-10-4-2-3-6-21(10)23/h2-7H,8H2,1H3,(H2,16,20)(H,18,22). The van der Waals surface area contributed by atoms with Crippen LogP contribution in [0.2, 0.25) is 0 Å². The molecule has 0 aliphatic carbocycles. The van der Waals surface area contributed by atoms with Gasteiger partial charge in [0.15, 0.2) is 17.7 Å². The fourth-order valence-corrected chi connectivity index (χ4v) is 2.10. The van der Waals surface area contributed by atoms with Crippen LogP contribution in [0.5, 0.6) is 0 Å².